The quantitative estimate of drug-likeness (QED) is 0.625. The fourth-order valence-corrected chi connectivity index (χ4v) is 3.54. The predicted octanol–water partition coefficient (Wildman–Crippen LogP) is 2.09. The molecule has 0 aliphatic rings. The molecular formula is C16H18N2O4S. The van der Waals surface area contributed by atoms with Crippen LogP contribution in [0.3, 0.4) is 0 Å². The number of anilines is 1. The van der Waals surface area contributed by atoms with Gasteiger partial charge in [0.1, 0.15) is 0 Å². The van der Waals surface area contributed by atoms with Gasteiger partial charge in [0.15, 0.2) is 0 Å². The number of aryl methyl sites for hydroxylation is 1. The molecule has 2 aromatic rings. The summed E-state index contributed by atoms with van der Waals surface area (Å²) in [7, 11) is -3.80. The number of hydroxylamine groups is 1. The molecule has 0 saturated heterocycles. The molecule has 0 bridgehead atoms. The van der Waals surface area contributed by atoms with E-state index < -0.39 is 15.9 Å². The number of rotatable bonds is 6. The van der Waals surface area contributed by atoms with Gasteiger partial charge < -0.3 is 0 Å². The van der Waals surface area contributed by atoms with E-state index in [9.17, 15) is 13.2 Å². The lowest BCUT2D eigenvalue weighted by Crippen LogP contribution is -2.34. The van der Waals surface area contributed by atoms with Gasteiger partial charge in [-0.2, -0.15) is 0 Å². The Hall–Kier alpha value is -2.38. The number of para-hydroxylation sites is 1. The monoisotopic (exact) mass is 334 g/mol. The molecule has 0 heterocycles. The van der Waals surface area contributed by atoms with Gasteiger partial charge in [-0.1, -0.05) is 35.9 Å². The largest absolute Gasteiger partial charge is 0.289 e. The van der Waals surface area contributed by atoms with Gasteiger partial charge in [0.05, 0.1) is 10.6 Å². The summed E-state index contributed by atoms with van der Waals surface area (Å²) in [5.41, 5.74) is 2.92. The van der Waals surface area contributed by atoms with E-state index in [2.05, 4.69) is 0 Å². The summed E-state index contributed by atoms with van der Waals surface area (Å²) >= 11 is 0. The zero-order valence-corrected chi connectivity index (χ0v) is 13.5. The van der Waals surface area contributed by atoms with Crippen LogP contribution in [-0.2, 0) is 14.8 Å². The van der Waals surface area contributed by atoms with Crippen molar-refractivity contribution < 1.29 is 18.4 Å². The van der Waals surface area contributed by atoms with Crippen LogP contribution < -0.4 is 9.79 Å². The molecule has 2 N–H and O–H groups in total. The summed E-state index contributed by atoms with van der Waals surface area (Å²) in [5.74, 6) is -0.648. The molecule has 0 saturated carbocycles. The maximum absolute atomic E-state index is 12.9. The molecule has 0 fully saturated rings. The average Bonchev–Trinajstić information content (AvgIpc) is 2.56. The van der Waals surface area contributed by atoms with E-state index in [1.807, 2.05) is 6.92 Å². The SMILES string of the molecule is Cc1ccc(S(=O)(=O)N(CCC(=O)NO)c2ccccc2)cc1. The van der Waals surface area contributed by atoms with Gasteiger partial charge in [0.2, 0.25) is 5.91 Å². The molecule has 2 aromatic carbocycles. The van der Waals surface area contributed by atoms with Crippen molar-refractivity contribution in [1.29, 1.82) is 0 Å². The highest BCUT2D eigenvalue weighted by Crippen LogP contribution is 2.24. The maximum atomic E-state index is 12.9. The molecule has 6 nitrogen and oxygen atoms in total. The van der Waals surface area contributed by atoms with Gasteiger partial charge in [-0.05, 0) is 31.2 Å². The third-order valence-corrected chi connectivity index (χ3v) is 5.16. The first-order valence-corrected chi connectivity index (χ1v) is 8.46. The number of sulfonamides is 1. The Kier molecular flexibility index (Phi) is 5.36. The first kappa shape index (κ1) is 17.0. The van der Waals surface area contributed by atoms with E-state index in [4.69, 9.17) is 5.21 Å². The summed E-state index contributed by atoms with van der Waals surface area (Å²) < 4.78 is 26.9. The van der Waals surface area contributed by atoms with Crippen LogP contribution >= 0.6 is 0 Å². The van der Waals surface area contributed by atoms with Crippen molar-refractivity contribution in [2.24, 2.45) is 0 Å². The Morgan fingerprint density at radius 2 is 1.70 bits per heavy atom. The van der Waals surface area contributed by atoms with Crippen LogP contribution in [-0.4, -0.2) is 26.1 Å². The lowest BCUT2D eigenvalue weighted by molar-refractivity contribution is -0.128. The van der Waals surface area contributed by atoms with E-state index in [-0.39, 0.29) is 17.9 Å². The zero-order chi connectivity index (χ0) is 16.9. The van der Waals surface area contributed by atoms with Gasteiger partial charge in [0.25, 0.3) is 10.0 Å². The summed E-state index contributed by atoms with van der Waals surface area (Å²) in [6, 6.07) is 15.0. The molecule has 23 heavy (non-hydrogen) atoms. The van der Waals surface area contributed by atoms with Crippen molar-refractivity contribution in [2.75, 3.05) is 10.8 Å². The normalized spacial score (nSPS) is 11.0. The maximum Gasteiger partial charge on any atom is 0.264 e. The van der Waals surface area contributed by atoms with Gasteiger partial charge >= 0.3 is 0 Å². The van der Waals surface area contributed by atoms with Crippen LogP contribution in [0, 0.1) is 6.92 Å². The molecule has 1 amide bonds. The van der Waals surface area contributed by atoms with E-state index in [1.54, 1.807) is 42.5 Å². The molecular weight excluding hydrogens is 316 g/mol. The fraction of sp³-hybridized carbons (Fsp3) is 0.188. The average molecular weight is 334 g/mol. The van der Waals surface area contributed by atoms with E-state index in [1.165, 1.54) is 17.6 Å². The minimum atomic E-state index is -3.80. The molecule has 0 aliphatic carbocycles. The van der Waals surface area contributed by atoms with Crippen LogP contribution in [0.5, 0.6) is 0 Å². The smallest absolute Gasteiger partial charge is 0.264 e. The number of amides is 1. The van der Waals surface area contributed by atoms with E-state index in [0.717, 1.165) is 9.87 Å². The number of carbonyl (C=O) groups excluding carboxylic acids is 1. The summed E-state index contributed by atoms with van der Waals surface area (Å²) in [6.07, 6.45) is -0.156. The Labute approximate surface area is 135 Å². The summed E-state index contributed by atoms with van der Waals surface area (Å²) in [4.78, 5) is 11.4. The van der Waals surface area contributed by atoms with Crippen molar-refractivity contribution in [1.82, 2.24) is 5.48 Å². The second kappa shape index (κ2) is 7.26. The Morgan fingerprint density at radius 3 is 2.26 bits per heavy atom. The Morgan fingerprint density at radius 1 is 1.09 bits per heavy atom. The number of hydrogen-bond acceptors (Lipinski definition) is 4. The first-order chi connectivity index (χ1) is 10.9. The second-order valence-electron chi connectivity index (χ2n) is 5.01. The molecule has 122 valence electrons. The molecule has 0 radical (unpaired) electrons. The van der Waals surface area contributed by atoms with Crippen molar-refractivity contribution in [3.63, 3.8) is 0 Å². The first-order valence-electron chi connectivity index (χ1n) is 7.02. The topological polar surface area (TPSA) is 86.7 Å². The summed E-state index contributed by atoms with van der Waals surface area (Å²) in [6.45, 7) is 1.80. The van der Waals surface area contributed by atoms with Gasteiger partial charge in [-0.15, -0.1) is 0 Å². The van der Waals surface area contributed by atoms with Gasteiger partial charge in [0, 0.05) is 13.0 Å². The highest BCUT2D eigenvalue weighted by molar-refractivity contribution is 7.92. The van der Waals surface area contributed by atoms with Crippen molar-refractivity contribution >= 4 is 21.6 Å². The van der Waals surface area contributed by atoms with Crippen LogP contribution in [0.15, 0.2) is 59.5 Å². The molecule has 0 aliphatic heterocycles. The van der Waals surface area contributed by atoms with Crippen molar-refractivity contribution in [2.45, 2.75) is 18.2 Å². The number of hydrogen-bond donors (Lipinski definition) is 2. The summed E-state index contributed by atoms with van der Waals surface area (Å²) in [5, 5.41) is 8.60. The standard InChI is InChI=1S/C16H18N2O4S/c1-13-7-9-15(10-8-13)23(21,22)18(12-11-16(19)17-20)14-5-3-2-4-6-14/h2-10,20H,11-12H2,1H3,(H,17,19). The molecule has 0 aromatic heterocycles. The third kappa shape index (κ3) is 4.08. The lowest BCUT2D eigenvalue weighted by atomic mass is 10.2. The molecule has 0 unspecified atom stereocenters. The number of nitrogens with zero attached hydrogens (tertiary/aromatic N) is 1. The Balaban J connectivity index is 2.39. The molecule has 2 rings (SSSR count). The molecule has 7 heteroatoms. The zero-order valence-electron chi connectivity index (χ0n) is 12.6. The molecule has 0 atom stereocenters. The number of nitrogens with one attached hydrogen (secondary N) is 1. The van der Waals surface area contributed by atoms with Crippen LogP contribution in [0.1, 0.15) is 12.0 Å². The highest BCUT2D eigenvalue weighted by Gasteiger charge is 2.25. The predicted molar refractivity (Wildman–Crippen MR) is 86.7 cm³/mol. The van der Waals surface area contributed by atoms with Gasteiger partial charge in [-0.3, -0.25) is 14.3 Å². The number of benzene rings is 2. The van der Waals surface area contributed by atoms with Gasteiger partial charge in [-0.25, -0.2) is 13.9 Å². The van der Waals surface area contributed by atoms with Crippen LogP contribution in [0.25, 0.3) is 0 Å². The van der Waals surface area contributed by atoms with Crippen LogP contribution in [0.2, 0.25) is 0 Å². The third-order valence-electron chi connectivity index (χ3n) is 3.32. The lowest BCUT2D eigenvalue weighted by Gasteiger charge is -2.24. The molecule has 0 spiro atoms. The van der Waals surface area contributed by atoms with E-state index >= 15 is 0 Å². The minimum Gasteiger partial charge on any atom is -0.289 e. The van der Waals surface area contributed by atoms with E-state index in [0.29, 0.717) is 5.69 Å². The van der Waals surface area contributed by atoms with Crippen molar-refractivity contribution in [3.05, 3.63) is 60.2 Å². The highest BCUT2D eigenvalue weighted by atomic mass is 32.2. The fourth-order valence-electron chi connectivity index (χ4n) is 2.08. The number of carbonyl (C=O) groups is 1. The van der Waals surface area contributed by atoms with Crippen LogP contribution in [0.4, 0.5) is 5.69 Å². The second-order valence-corrected chi connectivity index (χ2v) is 6.87. The van der Waals surface area contributed by atoms with Crippen molar-refractivity contribution in [3.8, 4) is 0 Å². The Bertz CT molecular complexity index is 758. The minimum absolute atomic E-state index is 0.0768.